The Bertz CT molecular complexity index is 428. The molecule has 2 aliphatic rings. The fraction of sp³-hybridized carbons (Fsp3) is 0.667. The lowest BCUT2D eigenvalue weighted by Gasteiger charge is -2.34. The second kappa shape index (κ2) is 4.14. The highest BCUT2D eigenvalue weighted by Crippen LogP contribution is 2.27. The first kappa shape index (κ1) is 10.8. The molecule has 0 aromatic carbocycles. The zero-order valence-electron chi connectivity index (χ0n) is 10.1. The minimum Gasteiger partial charge on any atom is -0.337 e. The fourth-order valence-electron chi connectivity index (χ4n) is 2.91. The molecule has 1 aromatic heterocycles. The molecule has 2 unspecified atom stereocenters. The highest BCUT2D eigenvalue weighted by Gasteiger charge is 2.35. The van der Waals surface area contributed by atoms with Gasteiger partial charge in [0.1, 0.15) is 5.69 Å². The van der Waals surface area contributed by atoms with Crippen molar-refractivity contribution in [1.82, 2.24) is 20.4 Å². The zero-order valence-corrected chi connectivity index (χ0v) is 10.1. The van der Waals surface area contributed by atoms with Gasteiger partial charge < -0.3 is 10.2 Å². The van der Waals surface area contributed by atoms with Gasteiger partial charge >= 0.3 is 0 Å². The molecule has 2 atom stereocenters. The van der Waals surface area contributed by atoms with E-state index in [9.17, 15) is 4.79 Å². The number of hydrogen-bond donors (Lipinski definition) is 2. The number of aromatic nitrogens is 2. The number of amides is 1. The minimum atomic E-state index is 0.0692. The molecule has 0 bridgehead atoms. The smallest absolute Gasteiger partial charge is 0.274 e. The summed E-state index contributed by atoms with van der Waals surface area (Å²) < 4.78 is 0. The van der Waals surface area contributed by atoms with E-state index in [1.54, 1.807) is 0 Å². The number of carbonyl (C=O) groups is 1. The van der Waals surface area contributed by atoms with Crippen molar-refractivity contribution < 1.29 is 4.79 Å². The van der Waals surface area contributed by atoms with Crippen LogP contribution >= 0.6 is 0 Å². The van der Waals surface area contributed by atoms with Gasteiger partial charge in [-0.15, -0.1) is 0 Å². The largest absolute Gasteiger partial charge is 0.337 e. The van der Waals surface area contributed by atoms with Crippen LogP contribution in [0, 0.1) is 18.8 Å². The first-order valence-corrected chi connectivity index (χ1v) is 6.26. The lowest BCUT2D eigenvalue weighted by molar-refractivity contribution is 0.0636. The van der Waals surface area contributed by atoms with Crippen molar-refractivity contribution in [3.05, 3.63) is 17.5 Å². The maximum atomic E-state index is 12.2. The fourth-order valence-corrected chi connectivity index (χ4v) is 2.91. The molecular formula is C12H18N4O. The van der Waals surface area contributed by atoms with Gasteiger partial charge in [0.2, 0.25) is 0 Å². The van der Waals surface area contributed by atoms with Crippen molar-refractivity contribution in [2.45, 2.75) is 13.3 Å². The molecule has 0 saturated carbocycles. The van der Waals surface area contributed by atoms with Gasteiger partial charge in [-0.05, 0) is 44.3 Å². The summed E-state index contributed by atoms with van der Waals surface area (Å²) in [6.07, 6.45) is 1.12. The molecule has 2 fully saturated rings. The van der Waals surface area contributed by atoms with E-state index >= 15 is 0 Å². The molecule has 2 saturated heterocycles. The van der Waals surface area contributed by atoms with Gasteiger partial charge in [-0.25, -0.2) is 0 Å². The zero-order chi connectivity index (χ0) is 11.8. The van der Waals surface area contributed by atoms with Crippen LogP contribution in [0.25, 0.3) is 0 Å². The normalized spacial score (nSPS) is 28.2. The Morgan fingerprint density at radius 3 is 3.06 bits per heavy atom. The summed E-state index contributed by atoms with van der Waals surface area (Å²) >= 11 is 0. The number of fused-ring (bicyclic) bond motifs is 1. The molecule has 1 amide bonds. The van der Waals surface area contributed by atoms with Gasteiger partial charge in [0.15, 0.2) is 0 Å². The number of aromatic amines is 1. The Labute approximate surface area is 101 Å². The quantitative estimate of drug-likeness (QED) is 0.739. The molecule has 1 aromatic rings. The topological polar surface area (TPSA) is 61.0 Å². The van der Waals surface area contributed by atoms with Gasteiger partial charge in [-0.2, -0.15) is 5.10 Å². The molecule has 3 rings (SSSR count). The van der Waals surface area contributed by atoms with E-state index in [1.807, 2.05) is 17.9 Å². The van der Waals surface area contributed by atoms with Crippen molar-refractivity contribution in [2.24, 2.45) is 11.8 Å². The molecule has 0 aliphatic carbocycles. The number of nitrogens with zero attached hydrogens (tertiary/aromatic N) is 2. The molecule has 2 aliphatic heterocycles. The molecule has 0 spiro atoms. The van der Waals surface area contributed by atoms with Crippen molar-refractivity contribution in [2.75, 3.05) is 26.2 Å². The van der Waals surface area contributed by atoms with Crippen LogP contribution in [0.3, 0.4) is 0 Å². The average Bonchev–Trinajstić information content (AvgIpc) is 2.95. The van der Waals surface area contributed by atoms with Crippen LogP contribution in [0.5, 0.6) is 0 Å². The van der Waals surface area contributed by atoms with E-state index in [0.717, 1.165) is 44.2 Å². The SMILES string of the molecule is Cc1cc(C(=O)N2CCC3CNCC3C2)n[nH]1. The van der Waals surface area contributed by atoms with E-state index in [2.05, 4.69) is 15.5 Å². The summed E-state index contributed by atoms with van der Waals surface area (Å²) in [5.74, 6) is 1.47. The molecule has 17 heavy (non-hydrogen) atoms. The summed E-state index contributed by atoms with van der Waals surface area (Å²) in [5, 5.41) is 10.3. The maximum absolute atomic E-state index is 12.2. The molecule has 92 valence electrons. The monoisotopic (exact) mass is 234 g/mol. The van der Waals surface area contributed by atoms with E-state index < -0.39 is 0 Å². The Balaban J connectivity index is 1.70. The number of aryl methyl sites for hydroxylation is 1. The molecule has 0 radical (unpaired) electrons. The lowest BCUT2D eigenvalue weighted by atomic mass is 9.88. The van der Waals surface area contributed by atoms with Gasteiger partial charge in [-0.3, -0.25) is 9.89 Å². The highest BCUT2D eigenvalue weighted by molar-refractivity contribution is 5.92. The Morgan fingerprint density at radius 2 is 2.29 bits per heavy atom. The third-order valence-corrected chi connectivity index (χ3v) is 3.92. The van der Waals surface area contributed by atoms with E-state index in [4.69, 9.17) is 0 Å². The second-order valence-corrected chi connectivity index (χ2v) is 5.15. The van der Waals surface area contributed by atoms with E-state index in [0.29, 0.717) is 11.6 Å². The summed E-state index contributed by atoms with van der Waals surface area (Å²) in [6.45, 7) is 5.83. The standard InChI is InChI=1S/C12H18N4O/c1-8-4-11(15-14-8)12(17)16-3-2-9-5-13-6-10(9)7-16/h4,9-10,13H,2-3,5-7H2,1H3,(H,14,15). The van der Waals surface area contributed by atoms with Gasteiger partial charge in [-0.1, -0.05) is 0 Å². The summed E-state index contributed by atoms with van der Waals surface area (Å²) in [5.41, 5.74) is 1.48. The Kier molecular flexibility index (Phi) is 2.63. The predicted octanol–water partition coefficient (Wildman–Crippen LogP) is 0.400. The molecule has 2 N–H and O–H groups in total. The summed E-state index contributed by atoms with van der Waals surface area (Å²) in [7, 11) is 0. The maximum Gasteiger partial charge on any atom is 0.274 e. The lowest BCUT2D eigenvalue weighted by Crippen LogP contribution is -2.43. The molecule has 5 nitrogen and oxygen atoms in total. The number of likely N-dealkylation sites (tertiary alicyclic amines) is 1. The predicted molar refractivity (Wildman–Crippen MR) is 63.7 cm³/mol. The number of piperidine rings is 1. The number of H-pyrrole nitrogens is 1. The number of hydrogen-bond acceptors (Lipinski definition) is 3. The van der Waals surface area contributed by atoms with Crippen LogP contribution in [0.2, 0.25) is 0 Å². The van der Waals surface area contributed by atoms with Crippen molar-refractivity contribution in [3.8, 4) is 0 Å². The van der Waals surface area contributed by atoms with Crippen LogP contribution in [0.1, 0.15) is 22.6 Å². The number of rotatable bonds is 1. The van der Waals surface area contributed by atoms with Gasteiger partial charge in [0.05, 0.1) is 0 Å². The van der Waals surface area contributed by atoms with E-state index in [-0.39, 0.29) is 5.91 Å². The van der Waals surface area contributed by atoms with E-state index in [1.165, 1.54) is 0 Å². The van der Waals surface area contributed by atoms with Crippen molar-refractivity contribution in [1.29, 1.82) is 0 Å². The molecule has 5 heteroatoms. The van der Waals surface area contributed by atoms with Crippen LogP contribution in [0.4, 0.5) is 0 Å². The minimum absolute atomic E-state index is 0.0692. The number of carbonyl (C=O) groups excluding carboxylic acids is 1. The van der Waals surface area contributed by atoms with Crippen LogP contribution in [-0.2, 0) is 0 Å². The first-order chi connectivity index (χ1) is 8.24. The molecule has 3 heterocycles. The molecular weight excluding hydrogens is 216 g/mol. The Morgan fingerprint density at radius 1 is 1.47 bits per heavy atom. The van der Waals surface area contributed by atoms with Gasteiger partial charge in [0.25, 0.3) is 5.91 Å². The van der Waals surface area contributed by atoms with Gasteiger partial charge in [0, 0.05) is 18.8 Å². The summed E-state index contributed by atoms with van der Waals surface area (Å²) in [6, 6.07) is 1.82. The van der Waals surface area contributed by atoms with Crippen LogP contribution in [0.15, 0.2) is 6.07 Å². The third-order valence-electron chi connectivity index (χ3n) is 3.92. The first-order valence-electron chi connectivity index (χ1n) is 6.26. The van der Waals surface area contributed by atoms with Crippen molar-refractivity contribution >= 4 is 5.91 Å². The second-order valence-electron chi connectivity index (χ2n) is 5.15. The average molecular weight is 234 g/mol. The third kappa shape index (κ3) is 1.95. The summed E-state index contributed by atoms with van der Waals surface area (Å²) in [4.78, 5) is 14.2. The van der Waals surface area contributed by atoms with Crippen LogP contribution < -0.4 is 5.32 Å². The Hall–Kier alpha value is -1.36. The van der Waals surface area contributed by atoms with Crippen LogP contribution in [-0.4, -0.2) is 47.2 Å². The number of nitrogens with one attached hydrogen (secondary N) is 2. The van der Waals surface area contributed by atoms with Crippen molar-refractivity contribution in [3.63, 3.8) is 0 Å². The highest BCUT2D eigenvalue weighted by atomic mass is 16.2.